The van der Waals surface area contributed by atoms with Crippen molar-refractivity contribution < 1.29 is 29.4 Å². The zero-order valence-corrected chi connectivity index (χ0v) is 26.3. The highest BCUT2D eigenvalue weighted by Gasteiger charge is 2.30. The summed E-state index contributed by atoms with van der Waals surface area (Å²) in [5.41, 5.74) is 9.47. The van der Waals surface area contributed by atoms with Crippen LogP contribution in [0.15, 0.2) is 85.1 Å². The lowest BCUT2D eigenvalue weighted by atomic mass is 10.0. The molecule has 4 atom stereocenters. The third-order valence-electron chi connectivity index (χ3n) is 7.60. The summed E-state index contributed by atoms with van der Waals surface area (Å²) in [5.74, 6) is -2.46. The molecule has 0 saturated carbocycles. The van der Waals surface area contributed by atoms with Crippen LogP contribution in [0.1, 0.15) is 23.1 Å². The number of phenolic OH excluding ortho intramolecular Hbond substituents is 1. The van der Waals surface area contributed by atoms with Crippen LogP contribution in [0, 0.1) is 0 Å². The highest BCUT2D eigenvalue weighted by atomic mass is 32.2. The van der Waals surface area contributed by atoms with E-state index in [4.69, 9.17) is 5.73 Å². The van der Waals surface area contributed by atoms with Crippen molar-refractivity contribution in [3.05, 3.63) is 102 Å². The van der Waals surface area contributed by atoms with Gasteiger partial charge in [0.25, 0.3) is 0 Å². The molecule has 12 heteroatoms. The van der Waals surface area contributed by atoms with Gasteiger partial charge in [-0.1, -0.05) is 60.7 Å². The van der Waals surface area contributed by atoms with Crippen LogP contribution in [0.4, 0.5) is 0 Å². The zero-order valence-electron chi connectivity index (χ0n) is 25.4. The van der Waals surface area contributed by atoms with Crippen molar-refractivity contribution in [2.75, 3.05) is 12.0 Å². The van der Waals surface area contributed by atoms with Crippen LogP contribution in [0.5, 0.6) is 5.75 Å². The second kappa shape index (κ2) is 16.5. The Balaban J connectivity index is 1.49. The van der Waals surface area contributed by atoms with Gasteiger partial charge in [-0.15, -0.1) is 0 Å². The molecule has 8 N–H and O–H groups in total. The van der Waals surface area contributed by atoms with Gasteiger partial charge >= 0.3 is 5.97 Å². The largest absolute Gasteiger partial charge is 0.508 e. The van der Waals surface area contributed by atoms with Crippen molar-refractivity contribution >= 4 is 46.4 Å². The number of amides is 3. The lowest BCUT2D eigenvalue weighted by molar-refractivity contribution is -0.142. The number of hydrogen-bond donors (Lipinski definition) is 7. The Morgan fingerprint density at radius 3 is 2.04 bits per heavy atom. The molecule has 0 aliphatic heterocycles. The van der Waals surface area contributed by atoms with Gasteiger partial charge in [0, 0.05) is 29.9 Å². The van der Waals surface area contributed by atoms with Crippen LogP contribution < -0.4 is 21.7 Å². The van der Waals surface area contributed by atoms with Gasteiger partial charge in [0.05, 0.1) is 6.04 Å². The first-order valence-corrected chi connectivity index (χ1v) is 16.3. The molecule has 0 saturated heterocycles. The Morgan fingerprint density at radius 2 is 1.35 bits per heavy atom. The lowest BCUT2D eigenvalue weighted by Crippen LogP contribution is -2.58. The Bertz CT molecular complexity index is 1630. The normalized spacial score (nSPS) is 13.7. The molecule has 11 nitrogen and oxygen atoms in total. The number of fused-ring (bicyclic) bond motifs is 1. The van der Waals surface area contributed by atoms with Gasteiger partial charge in [0.15, 0.2) is 0 Å². The molecule has 0 bridgehead atoms. The molecule has 3 amide bonds. The summed E-state index contributed by atoms with van der Waals surface area (Å²) in [4.78, 5) is 55.6. The van der Waals surface area contributed by atoms with Crippen LogP contribution in [0.2, 0.25) is 0 Å². The van der Waals surface area contributed by atoms with Crippen LogP contribution >= 0.6 is 11.8 Å². The number of nitrogens with two attached hydrogens (primary N) is 1. The molecule has 4 unspecified atom stereocenters. The number of aromatic hydroxyl groups is 1. The Morgan fingerprint density at radius 1 is 0.761 bits per heavy atom. The Hall–Kier alpha value is -4.81. The van der Waals surface area contributed by atoms with E-state index in [1.165, 1.54) is 23.9 Å². The molecule has 0 aliphatic rings. The summed E-state index contributed by atoms with van der Waals surface area (Å²) < 4.78 is 0. The summed E-state index contributed by atoms with van der Waals surface area (Å²) in [6.45, 7) is 0. The monoisotopic (exact) mass is 645 g/mol. The Labute approximate surface area is 271 Å². The van der Waals surface area contributed by atoms with E-state index in [1.54, 1.807) is 42.6 Å². The maximum absolute atomic E-state index is 13.7. The average molecular weight is 646 g/mol. The fourth-order valence-electron chi connectivity index (χ4n) is 5.08. The molecule has 0 aliphatic carbocycles. The van der Waals surface area contributed by atoms with E-state index in [0.29, 0.717) is 11.3 Å². The number of phenols is 1. The number of para-hydroxylation sites is 1. The summed E-state index contributed by atoms with van der Waals surface area (Å²) in [5, 5.41) is 28.5. The van der Waals surface area contributed by atoms with E-state index in [2.05, 4.69) is 20.9 Å². The fourth-order valence-corrected chi connectivity index (χ4v) is 5.56. The lowest BCUT2D eigenvalue weighted by Gasteiger charge is -2.25. The molecule has 46 heavy (non-hydrogen) atoms. The van der Waals surface area contributed by atoms with Gasteiger partial charge in [-0.25, -0.2) is 4.79 Å². The number of carbonyl (C=O) groups excluding carboxylic acids is 3. The average Bonchev–Trinajstić information content (AvgIpc) is 3.46. The van der Waals surface area contributed by atoms with Crippen LogP contribution in [0.3, 0.4) is 0 Å². The molecule has 0 spiro atoms. The van der Waals surface area contributed by atoms with Gasteiger partial charge in [0.1, 0.15) is 23.9 Å². The van der Waals surface area contributed by atoms with Crippen molar-refractivity contribution in [1.29, 1.82) is 0 Å². The number of benzene rings is 3. The van der Waals surface area contributed by atoms with E-state index in [1.807, 2.05) is 36.6 Å². The molecule has 3 aromatic carbocycles. The number of carboxylic acids is 1. The maximum Gasteiger partial charge on any atom is 0.326 e. The highest BCUT2D eigenvalue weighted by molar-refractivity contribution is 7.98. The van der Waals surface area contributed by atoms with Gasteiger partial charge < -0.3 is 36.9 Å². The van der Waals surface area contributed by atoms with Gasteiger partial charge in [-0.2, -0.15) is 11.8 Å². The number of H-pyrrole nitrogens is 1. The third-order valence-corrected chi connectivity index (χ3v) is 8.25. The molecule has 4 rings (SSSR count). The quantitative estimate of drug-likeness (QED) is 0.0969. The second-order valence-corrected chi connectivity index (χ2v) is 12.0. The predicted molar refractivity (Wildman–Crippen MR) is 178 cm³/mol. The van der Waals surface area contributed by atoms with Gasteiger partial charge in [-0.3, -0.25) is 14.4 Å². The van der Waals surface area contributed by atoms with Crippen LogP contribution in [-0.4, -0.2) is 75.1 Å². The summed E-state index contributed by atoms with van der Waals surface area (Å²) in [7, 11) is 0. The molecular formula is C34H39N5O6S. The number of aromatic amines is 1. The minimum absolute atomic E-state index is 0.0480. The highest BCUT2D eigenvalue weighted by Crippen LogP contribution is 2.19. The second-order valence-electron chi connectivity index (χ2n) is 11.0. The van der Waals surface area contributed by atoms with Crippen molar-refractivity contribution in [3.63, 3.8) is 0 Å². The first-order chi connectivity index (χ1) is 22.1. The summed E-state index contributed by atoms with van der Waals surface area (Å²) in [6, 6.07) is 18.4. The molecule has 1 heterocycles. The number of aliphatic carboxylic acids is 1. The number of aromatic nitrogens is 1. The van der Waals surface area contributed by atoms with Crippen molar-refractivity contribution in [1.82, 2.24) is 20.9 Å². The molecular weight excluding hydrogens is 606 g/mol. The van der Waals surface area contributed by atoms with E-state index in [-0.39, 0.29) is 31.4 Å². The minimum atomic E-state index is -1.21. The number of carbonyl (C=O) groups is 4. The Kier molecular flexibility index (Phi) is 12.2. The maximum atomic E-state index is 13.7. The van der Waals surface area contributed by atoms with Crippen molar-refractivity contribution in [2.45, 2.75) is 49.9 Å². The third kappa shape index (κ3) is 9.59. The van der Waals surface area contributed by atoms with E-state index < -0.39 is 47.9 Å². The number of rotatable bonds is 16. The summed E-state index contributed by atoms with van der Waals surface area (Å²) in [6.07, 6.45) is 4.24. The van der Waals surface area contributed by atoms with E-state index in [0.717, 1.165) is 22.0 Å². The topological polar surface area (TPSA) is 187 Å². The smallest absolute Gasteiger partial charge is 0.326 e. The first kappa shape index (κ1) is 34.1. The number of carboxylic acid groups (broad SMARTS) is 1. The van der Waals surface area contributed by atoms with Crippen molar-refractivity contribution in [2.24, 2.45) is 5.73 Å². The van der Waals surface area contributed by atoms with Crippen LogP contribution in [0.25, 0.3) is 10.9 Å². The number of hydrogen-bond acceptors (Lipinski definition) is 7. The standard InChI is InChI=1S/C34H39N5O6S/c1-46-16-15-28(32(42)39-30(34(44)45)18-21-7-3-2-4-8-21)37-33(43)29(17-22-11-13-24(40)14-12-22)38-31(41)26(35)19-23-20-36-27-10-6-5-9-25(23)27/h2-14,20,26,28-30,36,40H,15-19,35H2,1H3,(H,37,43)(H,38,41)(H,39,42)(H,44,45). The van der Waals surface area contributed by atoms with Crippen LogP contribution in [-0.2, 0) is 38.4 Å². The SMILES string of the molecule is CSCCC(NC(=O)C(Cc1ccc(O)cc1)NC(=O)C(N)Cc1c[nH]c2ccccc12)C(=O)NC(Cc1ccccc1)C(=O)O. The molecule has 0 fully saturated rings. The summed E-state index contributed by atoms with van der Waals surface area (Å²) >= 11 is 1.47. The molecule has 0 radical (unpaired) electrons. The number of nitrogens with one attached hydrogen (secondary N) is 4. The number of thioether (sulfide) groups is 1. The van der Waals surface area contributed by atoms with Gasteiger partial charge in [-0.05, 0) is 59.7 Å². The molecule has 242 valence electrons. The van der Waals surface area contributed by atoms with Crippen molar-refractivity contribution in [3.8, 4) is 5.75 Å². The minimum Gasteiger partial charge on any atom is -0.508 e. The van der Waals surface area contributed by atoms with E-state index >= 15 is 0 Å². The van der Waals surface area contributed by atoms with E-state index in [9.17, 15) is 29.4 Å². The zero-order chi connectivity index (χ0) is 33.1. The molecule has 4 aromatic rings. The fraction of sp³-hybridized carbons (Fsp3) is 0.294. The van der Waals surface area contributed by atoms with Gasteiger partial charge in [0.2, 0.25) is 17.7 Å². The molecule has 1 aromatic heterocycles. The predicted octanol–water partition coefficient (Wildman–Crippen LogP) is 2.52. The first-order valence-electron chi connectivity index (χ1n) is 14.9.